The molecule has 136 heavy (non-hydrogen) atoms. The Balaban J connectivity index is 0.000000102. The number of benzene rings is 9. The molecule has 33 nitrogen and oxygen atoms in total. The molecule has 0 radical (unpaired) electrons. The number of pyridine rings is 2. The van der Waals surface area contributed by atoms with Crippen LogP contribution in [0.4, 0.5) is 0 Å². The van der Waals surface area contributed by atoms with Crippen molar-refractivity contribution in [1.82, 2.24) is 95.4 Å². The first-order chi connectivity index (χ1) is 66.8. The molecule has 18 aromatic rings. The number of rotatable bonds is 20. The lowest BCUT2D eigenvalue weighted by atomic mass is 10.0. The van der Waals surface area contributed by atoms with Crippen LogP contribution >= 0.6 is 22.7 Å². The molecule has 0 bridgehead atoms. The van der Waals surface area contributed by atoms with Gasteiger partial charge in [-0.25, -0.2) is 69.4 Å². The molecule has 5 N–H and O–H groups in total. The number of nitrogens with zero attached hydrogens (tertiary/aromatic N) is 14. The Morgan fingerprint density at radius 1 is 0.309 bits per heavy atom. The topological polar surface area (TPSA) is 399 Å². The molecule has 7 aliphatic heterocycles. The molecule has 35 heteroatoms. The Hall–Kier alpha value is -15.0. The SMILES string of the molecule is O=c1[nH]nc(-c2ccc(CN3CCC[C@@H]3c3ccc4c(c3)OCO4)cc2)o1.O=c1[nH]nc(-c2ccc(CN3CCC[C@@H]3c3ccc4scnc4c3)cc2)o1.O=c1[nH]nc(-c2ccc(CN3CCC[C@H]3c3ccc4c(c3)OCO4)cc2)o1.O=c1[nH]nc(-c2ccc(CN3CCC[C@H]3c3ccc4cccnc4n3)cc2)o1.O=c1[nH]nc(-c2ccc(CN3CCC[C@H]3c3ccc4scnc4c3)cc2)o1. The molecule has 688 valence electrons. The van der Waals surface area contributed by atoms with Gasteiger partial charge < -0.3 is 41.0 Å². The van der Waals surface area contributed by atoms with E-state index in [0.29, 0.717) is 73.2 Å². The van der Waals surface area contributed by atoms with Crippen LogP contribution in [-0.2, 0) is 32.7 Å². The molecule has 5 fully saturated rings. The van der Waals surface area contributed by atoms with E-state index in [4.69, 9.17) is 46.0 Å². The van der Waals surface area contributed by atoms with E-state index in [0.717, 1.165) is 170 Å². The molecule has 0 aliphatic carbocycles. The van der Waals surface area contributed by atoms with Gasteiger partial charge in [0.15, 0.2) is 28.6 Å². The average molecular weight is 1860 g/mol. The van der Waals surface area contributed by atoms with Crippen molar-refractivity contribution in [2.75, 3.05) is 46.3 Å². The van der Waals surface area contributed by atoms with Gasteiger partial charge in [0.05, 0.1) is 43.2 Å². The second-order valence-electron chi connectivity index (χ2n) is 34.4. The zero-order chi connectivity index (χ0) is 91.8. The van der Waals surface area contributed by atoms with Gasteiger partial charge in [-0.2, -0.15) is 0 Å². The number of hydrogen-bond donors (Lipinski definition) is 5. The van der Waals surface area contributed by atoms with E-state index in [1.807, 2.05) is 96.0 Å². The summed E-state index contributed by atoms with van der Waals surface area (Å²) in [6.45, 7) is 10.3. The van der Waals surface area contributed by atoms with Crippen LogP contribution in [0.5, 0.6) is 23.0 Å². The first-order valence-corrected chi connectivity index (χ1v) is 47.2. The molecule has 5 saturated heterocycles. The van der Waals surface area contributed by atoms with E-state index < -0.39 is 28.8 Å². The van der Waals surface area contributed by atoms with E-state index >= 15 is 0 Å². The highest BCUT2D eigenvalue weighted by Gasteiger charge is 2.34. The maximum atomic E-state index is 11.1. The lowest BCUT2D eigenvalue weighted by molar-refractivity contribution is 0.173. The number of nitrogens with one attached hydrogen (secondary N) is 5. The van der Waals surface area contributed by atoms with Crippen LogP contribution in [0.25, 0.3) is 88.7 Å². The highest BCUT2D eigenvalue weighted by Crippen LogP contribution is 2.44. The van der Waals surface area contributed by atoms with Crippen molar-refractivity contribution in [3.05, 3.63) is 344 Å². The van der Waals surface area contributed by atoms with E-state index in [-0.39, 0.29) is 0 Å². The van der Waals surface area contributed by atoms with Crippen molar-refractivity contribution in [1.29, 1.82) is 0 Å². The molecule has 25 rings (SSSR count). The summed E-state index contributed by atoms with van der Waals surface area (Å²) in [6.07, 6.45) is 13.4. The minimum absolute atomic E-state index is 0.301. The van der Waals surface area contributed by atoms with Crippen molar-refractivity contribution in [3.8, 4) is 80.3 Å². The Labute approximate surface area is 783 Å². The van der Waals surface area contributed by atoms with Crippen LogP contribution < -0.4 is 47.7 Å². The first kappa shape index (κ1) is 87.7. The summed E-state index contributed by atoms with van der Waals surface area (Å²) in [4.78, 5) is 86.1. The number of thiazole rings is 2. The lowest BCUT2D eigenvalue weighted by Crippen LogP contribution is -2.23. The van der Waals surface area contributed by atoms with Crippen LogP contribution in [0.1, 0.15) is 150 Å². The molecule has 0 saturated carbocycles. The van der Waals surface area contributed by atoms with Crippen molar-refractivity contribution >= 4 is 54.1 Å². The van der Waals surface area contributed by atoms with Crippen LogP contribution in [0.15, 0.2) is 282 Å². The summed E-state index contributed by atoms with van der Waals surface area (Å²) in [5.74, 6) is 2.19. The summed E-state index contributed by atoms with van der Waals surface area (Å²) in [6, 6.07) is 75.9. The molecule has 0 amide bonds. The van der Waals surface area contributed by atoms with E-state index in [1.165, 1.54) is 98.0 Å². The second kappa shape index (κ2) is 40.1. The van der Waals surface area contributed by atoms with Gasteiger partial charge in [0.2, 0.25) is 43.0 Å². The van der Waals surface area contributed by atoms with Crippen LogP contribution in [-0.4, -0.2) is 142 Å². The Kier molecular flexibility index (Phi) is 25.8. The standard InChI is InChI=1S/C21H19N5O2.2C20H18N4O2S.2C20H19N3O4/c27-21-25-24-20(28-21)16-7-5-14(6-8-16)13-26-12-2-4-18(26)17-10-9-15-3-1-11-22-19(15)23-17;2*25-20-23-22-19(26-20)14-5-3-13(4-6-14)11-24-9-1-2-17(24)15-7-8-18-16(10-15)21-12-27-18;2*24-20-22-21-19(27-20)14-5-3-13(4-6-14)11-23-9-1-2-16(23)15-7-8-17-18(10-15)26-12-25-17/h1,3,5-11,18H,2,4,12-13H2,(H,25,27);2*3-8,10,12,17H,1-2,9,11H2,(H,23,25);2*3-8,10,16H,1-2,9,11-12H2,(H,22,24)/t18-;2*17-;2*16-/m01010/s1. The zero-order valence-corrected chi connectivity index (χ0v) is 75.4. The molecule has 5 atom stereocenters. The fourth-order valence-electron chi connectivity index (χ4n) is 19.2. The third-order valence-corrected chi connectivity index (χ3v) is 27.4. The van der Waals surface area contributed by atoms with Crippen LogP contribution in [0, 0.1) is 0 Å². The Morgan fingerprint density at radius 2 is 0.610 bits per heavy atom. The third-order valence-electron chi connectivity index (χ3n) is 25.8. The van der Waals surface area contributed by atoms with Crippen molar-refractivity contribution in [2.45, 2.75) is 127 Å². The number of ether oxygens (including phenoxy) is 4. The number of H-pyrrole nitrogens is 5. The zero-order valence-electron chi connectivity index (χ0n) is 73.8. The van der Waals surface area contributed by atoms with Gasteiger partial charge >= 0.3 is 28.8 Å². The van der Waals surface area contributed by atoms with Gasteiger partial charge in [-0.15, -0.1) is 48.2 Å². The second-order valence-corrected chi connectivity index (χ2v) is 36.2. The summed E-state index contributed by atoms with van der Waals surface area (Å²) in [5.41, 5.74) is 23.1. The molecule has 0 unspecified atom stereocenters. The highest BCUT2D eigenvalue weighted by atomic mass is 32.1. The summed E-state index contributed by atoms with van der Waals surface area (Å²) >= 11 is 3.37. The van der Waals surface area contributed by atoms with Gasteiger partial charge in [0.1, 0.15) is 0 Å². The normalized spacial score (nSPS) is 18.1. The molecule has 9 aromatic carbocycles. The molecule has 16 heterocycles. The Bertz CT molecular complexity index is 7140. The summed E-state index contributed by atoms with van der Waals surface area (Å²) < 4.78 is 49.4. The van der Waals surface area contributed by atoms with Crippen molar-refractivity contribution < 1.29 is 41.0 Å². The average Bonchev–Trinajstić information content (AvgIpc) is 1.66. The minimum atomic E-state index is -0.545. The minimum Gasteiger partial charge on any atom is -0.454 e. The largest absolute Gasteiger partial charge is 0.454 e. The molecule has 0 spiro atoms. The molecular formula is C101H93N19O14S2. The number of hydrogen-bond acceptors (Lipinski definition) is 30. The number of likely N-dealkylation sites (tertiary alicyclic amines) is 5. The lowest BCUT2D eigenvalue weighted by Gasteiger charge is -2.25. The maximum Gasteiger partial charge on any atom is 0.434 e. The van der Waals surface area contributed by atoms with E-state index in [2.05, 4.69) is 224 Å². The van der Waals surface area contributed by atoms with Crippen molar-refractivity contribution in [2.24, 2.45) is 0 Å². The predicted molar refractivity (Wildman–Crippen MR) is 509 cm³/mol. The predicted octanol–water partition coefficient (Wildman–Crippen LogP) is 17.5. The smallest absolute Gasteiger partial charge is 0.434 e. The van der Waals surface area contributed by atoms with Crippen LogP contribution in [0.2, 0.25) is 0 Å². The fraction of sp³-hybridized carbons (Fsp3) is 0.267. The third kappa shape index (κ3) is 20.3. The van der Waals surface area contributed by atoms with Gasteiger partial charge in [0.25, 0.3) is 0 Å². The molecular weight excluding hydrogens is 1770 g/mol. The van der Waals surface area contributed by atoms with E-state index in [9.17, 15) is 24.0 Å². The van der Waals surface area contributed by atoms with Crippen LogP contribution in [0.3, 0.4) is 0 Å². The highest BCUT2D eigenvalue weighted by molar-refractivity contribution is 7.17. The molecule has 7 aliphatic rings. The van der Waals surface area contributed by atoms with Crippen molar-refractivity contribution in [3.63, 3.8) is 0 Å². The van der Waals surface area contributed by atoms with E-state index in [1.54, 1.807) is 28.9 Å². The van der Waals surface area contributed by atoms with Gasteiger partial charge in [-0.05, 0) is 280 Å². The van der Waals surface area contributed by atoms with Gasteiger partial charge in [-0.3, -0.25) is 24.5 Å². The summed E-state index contributed by atoms with van der Waals surface area (Å²) in [7, 11) is 0. The van der Waals surface area contributed by atoms with Gasteiger partial charge in [-0.1, -0.05) is 84.9 Å². The maximum absolute atomic E-state index is 11.1. The monoisotopic (exact) mass is 1860 g/mol. The Morgan fingerprint density at radius 3 is 0.934 bits per heavy atom. The number of aromatic amines is 5. The van der Waals surface area contributed by atoms with Gasteiger partial charge in [0, 0.05) is 96.3 Å². The fourth-order valence-corrected chi connectivity index (χ4v) is 20.5. The summed E-state index contributed by atoms with van der Waals surface area (Å²) in [5, 5.41) is 31.8. The first-order valence-electron chi connectivity index (χ1n) is 45.4. The quantitative estimate of drug-likeness (QED) is 0.0473. The number of aromatic nitrogens is 14. The number of fused-ring (bicyclic) bond motifs is 5. The molecule has 9 aromatic heterocycles.